The van der Waals surface area contributed by atoms with E-state index in [1.807, 2.05) is 17.5 Å². The van der Waals surface area contributed by atoms with Crippen molar-refractivity contribution in [1.29, 1.82) is 0 Å². The van der Waals surface area contributed by atoms with E-state index in [1.165, 1.54) is 11.3 Å². The van der Waals surface area contributed by atoms with Crippen LogP contribution >= 0.6 is 22.9 Å². The molecular weight excluding hydrogens is 220 g/mol. The summed E-state index contributed by atoms with van der Waals surface area (Å²) < 4.78 is 5.75. The predicted octanol–water partition coefficient (Wildman–Crippen LogP) is 3.04. The highest BCUT2D eigenvalue weighted by molar-refractivity contribution is 7.14. The highest BCUT2D eigenvalue weighted by Gasteiger charge is 1.99. The van der Waals surface area contributed by atoms with E-state index in [2.05, 4.69) is 10.3 Å². The summed E-state index contributed by atoms with van der Waals surface area (Å²) in [5.41, 5.74) is 0. The Labute approximate surface area is 90.7 Å². The van der Waals surface area contributed by atoms with Gasteiger partial charge in [0.15, 0.2) is 4.47 Å². The third kappa shape index (κ3) is 2.49. The molecule has 0 bridgehead atoms. The molecule has 0 aliphatic heterocycles. The van der Waals surface area contributed by atoms with E-state index in [0.29, 0.717) is 4.47 Å². The second-order valence-electron chi connectivity index (χ2n) is 2.74. The summed E-state index contributed by atoms with van der Waals surface area (Å²) >= 11 is 7.11. The predicted molar refractivity (Wildman–Crippen MR) is 58.0 cm³/mol. The normalized spacial score (nSPS) is 10.4. The first-order chi connectivity index (χ1) is 6.84. The second kappa shape index (κ2) is 4.48. The molecular formula is C9H9ClN2OS. The summed E-state index contributed by atoms with van der Waals surface area (Å²) in [6, 6.07) is 3.84. The van der Waals surface area contributed by atoms with E-state index < -0.39 is 0 Å². The Hall–Kier alpha value is -1.00. The first-order valence-corrected chi connectivity index (χ1v) is 5.47. The first-order valence-electron chi connectivity index (χ1n) is 4.22. The fourth-order valence-corrected chi connectivity index (χ4v) is 1.82. The molecule has 2 rings (SSSR count). The van der Waals surface area contributed by atoms with E-state index in [1.54, 1.807) is 6.26 Å². The van der Waals surface area contributed by atoms with Gasteiger partial charge in [-0.05, 0) is 12.1 Å². The summed E-state index contributed by atoms with van der Waals surface area (Å²) in [4.78, 5) is 4.07. The summed E-state index contributed by atoms with van der Waals surface area (Å²) in [6.45, 7) is 0.799. The lowest BCUT2D eigenvalue weighted by Crippen LogP contribution is -2.04. The Bertz CT molecular complexity index is 385. The Kier molecular flexibility index (Phi) is 3.06. The zero-order valence-electron chi connectivity index (χ0n) is 7.37. The number of nitrogens with zero attached hydrogens (tertiary/aromatic N) is 1. The number of furan rings is 1. The Balaban J connectivity index is 1.78. The van der Waals surface area contributed by atoms with Crippen molar-refractivity contribution < 1.29 is 4.42 Å². The molecule has 0 aliphatic carbocycles. The molecule has 0 saturated carbocycles. The molecule has 0 radical (unpaired) electrons. The minimum absolute atomic E-state index is 0.561. The molecule has 3 nitrogen and oxygen atoms in total. The van der Waals surface area contributed by atoms with Gasteiger partial charge >= 0.3 is 0 Å². The fraction of sp³-hybridized carbons (Fsp3) is 0.222. The average Bonchev–Trinajstić information content (AvgIpc) is 2.77. The molecule has 74 valence electrons. The van der Waals surface area contributed by atoms with Crippen LogP contribution in [0.2, 0.25) is 4.47 Å². The van der Waals surface area contributed by atoms with Crippen molar-refractivity contribution in [3.63, 3.8) is 0 Å². The minimum Gasteiger partial charge on any atom is -0.469 e. The zero-order valence-corrected chi connectivity index (χ0v) is 8.94. The molecule has 0 atom stereocenters. The SMILES string of the molecule is Clc1nc(NCCc2ccco2)cs1. The van der Waals surface area contributed by atoms with Gasteiger partial charge in [0.05, 0.1) is 6.26 Å². The van der Waals surface area contributed by atoms with E-state index >= 15 is 0 Å². The van der Waals surface area contributed by atoms with Gasteiger partial charge in [0, 0.05) is 18.3 Å². The number of anilines is 1. The van der Waals surface area contributed by atoms with Crippen LogP contribution in [0.4, 0.5) is 5.82 Å². The third-order valence-electron chi connectivity index (χ3n) is 1.73. The van der Waals surface area contributed by atoms with Crippen LogP contribution in [0.3, 0.4) is 0 Å². The maximum atomic E-state index is 5.69. The smallest absolute Gasteiger partial charge is 0.185 e. The summed E-state index contributed by atoms with van der Waals surface area (Å²) in [5.74, 6) is 1.80. The maximum Gasteiger partial charge on any atom is 0.185 e. The highest BCUT2D eigenvalue weighted by Crippen LogP contribution is 2.18. The van der Waals surface area contributed by atoms with Gasteiger partial charge in [-0.2, -0.15) is 0 Å². The molecule has 14 heavy (non-hydrogen) atoms. The second-order valence-corrected chi connectivity index (χ2v) is 4.18. The molecule has 5 heteroatoms. The molecule has 0 aliphatic rings. The van der Waals surface area contributed by atoms with Crippen LogP contribution < -0.4 is 5.32 Å². The molecule has 0 unspecified atom stereocenters. The van der Waals surface area contributed by atoms with Gasteiger partial charge in [-0.3, -0.25) is 0 Å². The first kappa shape index (κ1) is 9.55. The summed E-state index contributed by atoms with van der Waals surface area (Å²) in [6.07, 6.45) is 2.52. The van der Waals surface area contributed by atoms with Crippen LogP contribution in [0.5, 0.6) is 0 Å². The van der Waals surface area contributed by atoms with Crippen molar-refractivity contribution in [2.45, 2.75) is 6.42 Å². The Morgan fingerprint density at radius 3 is 3.14 bits per heavy atom. The molecule has 2 aromatic heterocycles. The topological polar surface area (TPSA) is 38.1 Å². The largest absolute Gasteiger partial charge is 0.469 e. The Morgan fingerprint density at radius 2 is 2.50 bits per heavy atom. The fourth-order valence-electron chi connectivity index (χ4n) is 1.10. The Morgan fingerprint density at radius 1 is 1.57 bits per heavy atom. The van der Waals surface area contributed by atoms with Crippen LogP contribution in [-0.4, -0.2) is 11.5 Å². The quantitative estimate of drug-likeness (QED) is 0.874. The molecule has 0 amide bonds. The van der Waals surface area contributed by atoms with Gasteiger partial charge in [-0.1, -0.05) is 11.6 Å². The number of aromatic nitrogens is 1. The van der Waals surface area contributed by atoms with Crippen molar-refractivity contribution in [3.05, 3.63) is 34.0 Å². The number of hydrogen-bond acceptors (Lipinski definition) is 4. The lowest BCUT2D eigenvalue weighted by molar-refractivity contribution is 0.513. The average molecular weight is 229 g/mol. The van der Waals surface area contributed by atoms with E-state index in [9.17, 15) is 0 Å². The van der Waals surface area contributed by atoms with Crippen molar-refractivity contribution >= 4 is 28.8 Å². The maximum absolute atomic E-state index is 5.69. The minimum atomic E-state index is 0.561. The standard InChI is InChI=1S/C9H9ClN2OS/c10-9-12-8(6-14-9)11-4-3-7-2-1-5-13-7/h1-2,5-6,11H,3-4H2. The molecule has 0 saturated heterocycles. The van der Waals surface area contributed by atoms with Crippen molar-refractivity contribution in [3.8, 4) is 0 Å². The van der Waals surface area contributed by atoms with Crippen molar-refractivity contribution in [1.82, 2.24) is 4.98 Å². The lowest BCUT2D eigenvalue weighted by atomic mass is 10.3. The van der Waals surface area contributed by atoms with Crippen LogP contribution in [0, 0.1) is 0 Å². The lowest BCUT2D eigenvalue weighted by Gasteiger charge is -1.99. The van der Waals surface area contributed by atoms with E-state index in [-0.39, 0.29) is 0 Å². The van der Waals surface area contributed by atoms with Crippen molar-refractivity contribution in [2.75, 3.05) is 11.9 Å². The molecule has 0 spiro atoms. The van der Waals surface area contributed by atoms with Gasteiger partial charge in [0.2, 0.25) is 0 Å². The molecule has 2 aromatic rings. The van der Waals surface area contributed by atoms with Crippen LogP contribution in [-0.2, 0) is 6.42 Å². The van der Waals surface area contributed by atoms with E-state index in [4.69, 9.17) is 16.0 Å². The van der Waals surface area contributed by atoms with Crippen LogP contribution in [0.25, 0.3) is 0 Å². The third-order valence-corrected chi connectivity index (χ3v) is 2.71. The summed E-state index contributed by atoms with van der Waals surface area (Å²) in [7, 11) is 0. The van der Waals surface area contributed by atoms with Crippen LogP contribution in [0.15, 0.2) is 28.2 Å². The molecule has 0 aromatic carbocycles. The number of nitrogens with one attached hydrogen (secondary N) is 1. The number of halogens is 1. The molecule has 2 heterocycles. The van der Waals surface area contributed by atoms with Gasteiger partial charge in [0.1, 0.15) is 11.6 Å². The van der Waals surface area contributed by atoms with Gasteiger partial charge in [-0.25, -0.2) is 4.98 Å². The van der Waals surface area contributed by atoms with Gasteiger partial charge in [0.25, 0.3) is 0 Å². The van der Waals surface area contributed by atoms with Gasteiger partial charge < -0.3 is 9.73 Å². The number of rotatable bonds is 4. The zero-order chi connectivity index (χ0) is 9.80. The molecule has 0 fully saturated rings. The van der Waals surface area contributed by atoms with Crippen LogP contribution in [0.1, 0.15) is 5.76 Å². The highest BCUT2D eigenvalue weighted by atomic mass is 35.5. The molecule has 1 N–H and O–H groups in total. The monoisotopic (exact) mass is 228 g/mol. The van der Waals surface area contributed by atoms with E-state index in [0.717, 1.165) is 24.5 Å². The van der Waals surface area contributed by atoms with Gasteiger partial charge in [-0.15, -0.1) is 11.3 Å². The number of thiazole rings is 1. The van der Waals surface area contributed by atoms with Crippen molar-refractivity contribution in [2.24, 2.45) is 0 Å². The summed E-state index contributed by atoms with van der Waals surface area (Å²) in [5, 5.41) is 5.05. The number of hydrogen-bond donors (Lipinski definition) is 1.